The van der Waals surface area contributed by atoms with E-state index in [1.165, 1.54) is 12.7 Å². The van der Waals surface area contributed by atoms with Gasteiger partial charge in [-0.25, -0.2) is 4.79 Å². The average molecular weight is 269 g/mol. The molecule has 2 rings (SSSR count). The SMILES string of the molecule is COC(=O)c1ccc(N(C)C)cc1-c1ccc(C)cc1. The summed E-state index contributed by atoms with van der Waals surface area (Å²) in [6.07, 6.45) is 0. The lowest BCUT2D eigenvalue weighted by atomic mass is 9.98. The highest BCUT2D eigenvalue weighted by atomic mass is 16.5. The summed E-state index contributed by atoms with van der Waals surface area (Å²) in [6, 6.07) is 13.9. The van der Waals surface area contributed by atoms with Crippen molar-refractivity contribution in [1.82, 2.24) is 0 Å². The van der Waals surface area contributed by atoms with Gasteiger partial charge in [0.15, 0.2) is 0 Å². The van der Waals surface area contributed by atoms with Gasteiger partial charge in [0.25, 0.3) is 0 Å². The molecule has 0 aliphatic carbocycles. The van der Waals surface area contributed by atoms with Crippen LogP contribution in [-0.2, 0) is 4.74 Å². The molecule has 0 bridgehead atoms. The minimum atomic E-state index is -0.314. The molecule has 0 spiro atoms. The standard InChI is InChI=1S/C17H19NO2/c1-12-5-7-13(8-6-12)16-11-14(18(2)3)9-10-15(16)17(19)20-4/h5-11H,1-4H3. The molecule has 0 amide bonds. The van der Waals surface area contributed by atoms with Crippen LogP contribution >= 0.6 is 0 Å². The van der Waals surface area contributed by atoms with E-state index in [0.717, 1.165) is 16.8 Å². The molecule has 0 N–H and O–H groups in total. The zero-order chi connectivity index (χ0) is 14.7. The van der Waals surface area contributed by atoms with Gasteiger partial charge in [-0.2, -0.15) is 0 Å². The maximum absolute atomic E-state index is 11.9. The molecular formula is C17H19NO2. The molecule has 0 unspecified atom stereocenters. The molecule has 0 heterocycles. The zero-order valence-electron chi connectivity index (χ0n) is 12.3. The number of ether oxygens (including phenoxy) is 1. The molecule has 0 aliphatic heterocycles. The third-order valence-electron chi connectivity index (χ3n) is 3.29. The molecular weight excluding hydrogens is 250 g/mol. The molecule has 0 aromatic heterocycles. The number of carbonyl (C=O) groups is 1. The predicted octanol–water partition coefficient (Wildman–Crippen LogP) is 3.51. The summed E-state index contributed by atoms with van der Waals surface area (Å²) in [6.45, 7) is 2.04. The molecule has 0 aliphatic rings. The Labute approximate surface area is 119 Å². The largest absolute Gasteiger partial charge is 0.465 e. The predicted molar refractivity (Wildman–Crippen MR) is 82.3 cm³/mol. The highest BCUT2D eigenvalue weighted by molar-refractivity contribution is 5.98. The lowest BCUT2D eigenvalue weighted by Gasteiger charge is -2.16. The van der Waals surface area contributed by atoms with Crippen molar-refractivity contribution >= 4 is 11.7 Å². The van der Waals surface area contributed by atoms with Gasteiger partial charge in [0.1, 0.15) is 0 Å². The number of benzene rings is 2. The Morgan fingerprint density at radius 2 is 1.70 bits per heavy atom. The molecule has 0 saturated heterocycles. The van der Waals surface area contributed by atoms with Gasteiger partial charge < -0.3 is 9.64 Å². The van der Waals surface area contributed by atoms with Crippen molar-refractivity contribution in [2.24, 2.45) is 0 Å². The summed E-state index contributed by atoms with van der Waals surface area (Å²) in [5.74, 6) is -0.314. The molecule has 3 heteroatoms. The van der Waals surface area contributed by atoms with Gasteiger partial charge in [-0.05, 0) is 36.2 Å². The quantitative estimate of drug-likeness (QED) is 0.798. The minimum absolute atomic E-state index is 0.314. The summed E-state index contributed by atoms with van der Waals surface area (Å²) >= 11 is 0. The van der Waals surface area contributed by atoms with Crippen LogP contribution in [0.3, 0.4) is 0 Å². The van der Waals surface area contributed by atoms with E-state index in [1.807, 2.05) is 68.4 Å². The monoisotopic (exact) mass is 269 g/mol. The molecule has 3 nitrogen and oxygen atoms in total. The third kappa shape index (κ3) is 2.82. The number of methoxy groups -OCH3 is 1. The van der Waals surface area contributed by atoms with E-state index in [4.69, 9.17) is 4.74 Å². The second-order valence-corrected chi connectivity index (χ2v) is 4.98. The normalized spacial score (nSPS) is 10.2. The van der Waals surface area contributed by atoms with Gasteiger partial charge >= 0.3 is 5.97 Å². The fourth-order valence-corrected chi connectivity index (χ4v) is 2.07. The lowest BCUT2D eigenvalue weighted by molar-refractivity contribution is 0.0601. The van der Waals surface area contributed by atoms with Crippen molar-refractivity contribution in [3.8, 4) is 11.1 Å². The van der Waals surface area contributed by atoms with E-state index in [9.17, 15) is 4.79 Å². The van der Waals surface area contributed by atoms with E-state index < -0.39 is 0 Å². The number of nitrogens with zero attached hydrogens (tertiary/aromatic N) is 1. The smallest absolute Gasteiger partial charge is 0.338 e. The molecule has 104 valence electrons. The van der Waals surface area contributed by atoms with E-state index >= 15 is 0 Å². The van der Waals surface area contributed by atoms with Crippen LogP contribution in [0.2, 0.25) is 0 Å². The molecule has 0 atom stereocenters. The second kappa shape index (κ2) is 5.78. The Morgan fingerprint density at radius 1 is 1.05 bits per heavy atom. The summed E-state index contributed by atoms with van der Waals surface area (Å²) < 4.78 is 4.87. The zero-order valence-corrected chi connectivity index (χ0v) is 12.3. The Kier molecular flexibility index (Phi) is 4.08. The van der Waals surface area contributed by atoms with Crippen LogP contribution in [0.5, 0.6) is 0 Å². The van der Waals surface area contributed by atoms with Crippen molar-refractivity contribution in [1.29, 1.82) is 0 Å². The summed E-state index contributed by atoms with van der Waals surface area (Å²) in [4.78, 5) is 13.9. The summed E-state index contributed by atoms with van der Waals surface area (Å²) in [5, 5.41) is 0. The average Bonchev–Trinajstić information content (AvgIpc) is 2.46. The van der Waals surface area contributed by atoms with Crippen LogP contribution < -0.4 is 4.90 Å². The molecule has 20 heavy (non-hydrogen) atoms. The fraction of sp³-hybridized carbons (Fsp3) is 0.235. The number of esters is 1. The number of rotatable bonds is 3. The second-order valence-electron chi connectivity index (χ2n) is 4.98. The Hall–Kier alpha value is -2.29. The lowest BCUT2D eigenvalue weighted by Crippen LogP contribution is -2.10. The molecule has 0 radical (unpaired) electrons. The van der Waals surface area contributed by atoms with Crippen molar-refractivity contribution in [3.63, 3.8) is 0 Å². The third-order valence-corrected chi connectivity index (χ3v) is 3.29. The molecule has 0 fully saturated rings. The summed E-state index contributed by atoms with van der Waals surface area (Å²) in [7, 11) is 5.36. The highest BCUT2D eigenvalue weighted by Gasteiger charge is 2.14. The van der Waals surface area contributed by atoms with Crippen molar-refractivity contribution in [2.75, 3.05) is 26.1 Å². The number of hydrogen-bond acceptors (Lipinski definition) is 3. The Bertz CT molecular complexity index is 615. The number of hydrogen-bond donors (Lipinski definition) is 0. The van der Waals surface area contributed by atoms with Gasteiger partial charge in [0.05, 0.1) is 12.7 Å². The van der Waals surface area contributed by atoms with Crippen LogP contribution in [0.25, 0.3) is 11.1 Å². The first-order valence-electron chi connectivity index (χ1n) is 6.49. The molecule has 2 aromatic rings. The van der Waals surface area contributed by atoms with Crippen molar-refractivity contribution in [3.05, 3.63) is 53.6 Å². The maximum atomic E-state index is 11.9. The van der Waals surface area contributed by atoms with Gasteiger partial charge in [-0.3, -0.25) is 0 Å². The van der Waals surface area contributed by atoms with E-state index in [0.29, 0.717) is 5.56 Å². The number of anilines is 1. The Balaban J connectivity index is 2.59. The Morgan fingerprint density at radius 3 is 2.25 bits per heavy atom. The first-order valence-corrected chi connectivity index (χ1v) is 6.49. The van der Waals surface area contributed by atoms with Crippen LogP contribution in [-0.4, -0.2) is 27.2 Å². The highest BCUT2D eigenvalue weighted by Crippen LogP contribution is 2.29. The topological polar surface area (TPSA) is 29.5 Å². The van der Waals surface area contributed by atoms with E-state index in [2.05, 4.69) is 0 Å². The van der Waals surface area contributed by atoms with Crippen molar-refractivity contribution in [2.45, 2.75) is 6.92 Å². The summed E-state index contributed by atoms with van der Waals surface area (Å²) in [5.41, 5.74) is 4.73. The van der Waals surface area contributed by atoms with Gasteiger partial charge in [0.2, 0.25) is 0 Å². The maximum Gasteiger partial charge on any atom is 0.338 e. The van der Waals surface area contributed by atoms with Crippen LogP contribution in [0.4, 0.5) is 5.69 Å². The van der Waals surface area contributed by atoms with Crippen LogP contribution in [0, 0.1) is 6.92 Å². The first kappa shape index (κ1) is 14.1. The van der Waals surface area contributed by atoms with Crippen LogP contribution in [0.15, 0.2) is 42.5 Å². The minimum Gasteiger partial charge on any atom is -0.465 e. The van der Waals surface area contributed by atoms with Crippen LogP contribution in [0.1, 0.15) is 15.9 Å². The molecule has 2 aromatic carbocycles. The fourth-order valence-electron chi connectivity index (χ4n) is 2.07. The van der Waals surface area contributed by atoms with Gasteiger partial charge in [-0.15, -0.1) is 0 Å². The van der Waals surface area contributed by atoms with Gasteiger partial charge in [0, 0.05) is 19.8 Å². The van der Waals surface area contributed by atoms with E-state index in [1.54, 1.807) is 0 Å². The molecule has 0 saturated carbocycles. The first-order chi connectivity index (χ1) is 9.52. The van der Waals surface area contributed by atoms with E-state index in [-0.39, 0.29) is 5.97 Å². The van der Waals surface area contributed by atoms with Gasteiger partial charge in [-0.1, -0.05) is 29.8 Å². The number of aryl methyl sites for hydroxylation is 1. The number of carbonyl (C=O) groups excluding carboxylic acids is 1. The van der Waals surface area contributed by atoms with Crippen molar-refractivity contribution < 1.29 is 9.53 Å².